The second-order valence-electron chi connectivity index (χ2n) is 18.7. The van der Waals surface area contributed by atoms with Gasteiger partial charge in [0, 0.05) is 61.8 Å². The van der Waals surface area contributed by atoms with Gasteiger partial charge in [0.25, 0.3) is 11.4 Å². The summed E-state index contributed by atoms with van der Waals surface area (Å²) >= 11 is 0. The number of rotatable bonds is 22. The monoisotopic (exact) mass is 950 g/mol. The number of nitro benzene ring substituents is 2. The van der Waals surface area contributed by atoms with Crippen molar-refractivity contribution in [1.29, 1.82) is 0 Å². The van der Waals surface area contributed by atoms with E-state index < -0.39 is 27.6 Å². The molecule has 9 rings (SSSR count). The molecule has 364 valence electrons. The van der Waals surface area contributed by atoms with E-state index in [1.165, 1.54) is 24.3 Å². The molecule has 4 aliphatic rings. The lowest BCUT2D eigenvalue weighted by Crippen LogP contribution is -2.70. The topological polar surface area (TPSA) is 196 Å². The first-order valence-electron chi connectivity index (χ1n) is 24.3. The number of aliphatic hydroxyl groups is 2. The number of non-ortho nitro benzene ring substituents is 2. The average Bonchev–Trinajstić information content (AvgIpc) is 4.23. The summed E-state index contributed by atoms with van der Waals surface area (Å²) in [5.74, 6) is -1.46. The number of nitrogens with zero attached hydrogens (tertiary/aromatic N) is 4. The molecule has 15 heteroatoms. The fraction of sp³-hybridized carbons (Fsp3) is 0.382. The van der Waals surface area contributed by atoms with Crippen LogP contribution in [0, 0.1) is 43.9 Å². The number of carbonyl (C=O) groups is 1. The number of nitro groups is 2. The standard InChI is InChI=1S/C55H58N4O11/c1-2-29-67-55-51(57(54(62)38-21-22-38)34-40-14-9-13-37-11-3-4-17-45(37)40)33-49(56-68-35-36-19-23-41(24-20-36)58(63)64)47-30-39(12-5-7-27-60)46(18-6-8-28-61)52(53(47)55)48-32-44(25-26-50(48)70-55)69-43-16-10-15-42(31-43)59(65)66/h2-4,9-11,13-17,19-20,23-26,30-32,38-39,46,51-53,60-61H,1,5-8,12,18,21-22,27-29,33-35H2. The molecule has 1 heterocycles. The fourth-order valence-corrected chi connectivity index (χ4v) is 10.9. The number of allylic oxidation sites excluding steroid dienone is 1. The third kappa shape index (κ3) is 10.0. The van der Waals surface area contributed by atoms with Gasteiger partial charge in [0.2, 0.25) is 11.7 Å². The Morgan fingerprint density at radius 1 is 0.857 bits per heavy atom. The number of fused-ring (bicyclic) bond motifs is 3. The zero-order valence-electron chi connectivity index (χ0n) is 39.0. The number of benzene rings is 5. The molecule has 6 atom stereocenters. The third-order valence-electron chi connectivity index (χ3n) is 14.3. The van der Waals surface area contributed by atoms with E-state index in [9.17, 15) is 30.4 Å². The molecule has 5 aromatic rings. The number of ether oxygens (including phenoxy) is 3. The molecule has 0 bridgehead atoms. The maximum absolute atomic E-state index is 15.2. The summed E-state index contributed by atoms with van der Waals surface area (Å²) in [6.07, 6.45) is 9.80. The fourth-order valence-electron chi connectivity index (χ4n) is 10.9. The Balaban J connectivity index is 1.24. The highest BCUT2D eigenvalue weighted by Crippen LogP contribution is 2.62. The van der Waals surface area contributed by atoms with Crippen molar-refractivity contribution in [3.8, 4) is 17.2 Å². The first kappa shape index (κ1) is 48.1. The quantitative estimate of drug-likeness (QED) is 0.0290. The molecule has 2 saturated carbocycles. The maximum atomic E-state index is 15.2. The molecule has 0 saturated heterocycles. The summed E-state index contributed by atoms with van der Waals surface area (Å²) in [4.78, 5) is 45.7. The van der Waals surface area contributed by atoms with Gasteiger partial charge < -0.3 is 34.2 Å². The lowest BCUT2D eigenvalue weighted by molar-refractivity contribution is -0.385. The van der Waals surface area contributed by atoms with Gasteiger partial charge in [-0.05, 0) is 114 Å². The summed E-state index contributed by atoms with van der Waals surface area (Å²) < 4.78 is 21.1. The Hall–Kier alpha value is -6.94. The number of hydrogen-bond donors (Lipinski definition) is 2. The number of hydrogen-bond acceptors (Lipinski definition) is 12. The van der Waals surface area contributed by atoms with Crippen molar-refractivity contribution in [3.63, 3.8) is 0 Å². The van der Waals surface area contributed by atoms with Crippen molar-refractivity contribution in [3.05, 3.63) is 170 Å². The van der Waals surface area contributed by atoms with Gasteiger partial charge in [-0.1, -0.05) is 78.7 Å². The van der Waals surface area contributed by atoms with Crippen molar-refractivity contribution < 1.29 is 43.9 Å². The Labute approximate surface area is 406 Å². The summed E-state index contributed by atoms with van der Waals surface area (Å²) in [5, 5.41) is 50.3. The van der Waals surface area contributed by atoms with Crippen molar-refractivity contribution in [1.82, 2.24) is 4.90 Å². The molecule has 2 fully saturated rings. The highest BCUT2D eigenvalue weighted by atomic mass is 16.7. The second-order valence-corrected chi connectivity index (χ2v) is 18.7. The van der Waals surface area contributed by atoms with Gasteiger partial charge >= 0.3 is 0 Å². The van der Waals surface area contributed by atoms with E-state index in [1.807, 2.05) is 35.2 Å². The number of oxime groups is 1. The predicted octanol–water partition coefficient (Wildman–Crippen LogP) is 10.7. The highest BCUT2D eigenvalue weighted by molar-refractivity contribution is 6.03. The van der Waals surface area contributed by atoms with Gasteiger partial charge in [0.05, 0.1) is 34.1 Å². The molecule has 0 aromatic heterocycles. The molecular formula is C55H58N4O11. The van der Waals surface area contributed by atoms with Crippen LogP contribution in [0.2, 0.25) is 0 Å². The number of carbonyl (C=O) groups excluding carboxylic acids is 1. The Bertz CT molecular complexity index is 2790. The van der Waals surface area contributed by atoms with Gasteiger partial charge in [0.1, 0.15) is 29.9 Å². The van der Waals surface area contributed by atoms with E-state index in [-0.39, 0.29) is 80.3 Å². The minimum absolute atomic E-state index is 0.0121. The molecule has 0 radical (unpaired) electrons. The Morgan fingerprint density at radius 2 is 1.59 bits per heavy atom. The smallest absolute Gasteiger partial charge is 0.273 e. The number of unbranched alkanes of at least 4 members (excludes halogenated alkanes) is 2. The largest absolute Gasteiger partial charge is 0.459 e. The minimum Gasteiger partial charge on any atom is -0.459 e. The zero-order chi connectivity index (χ0) is 48.8. The molecule has 1 amide bonds. The zero-order valence-corrected chi connectivity index (χ0v) is 39.0. The summed E-state index contributed by atoms with van der Waals surface area (Å²) in [6.45, 7) is 4.51. The van der Waals surface area contributed by atoms with Gasteiger partial charge in [-0.2, -0.15) is 0 Å². The number of amides is 1. The third-order valence-corrected chi connectivity index (χ3v) is 14.3. The van der Waals surface area contributed by atoms with E-state index in [0.29, 0.717) is 41.4 Å². The van der Waals surface area contributed by atoms with Crippen LogP contribution in [0.4, 0.5) is 11.4 Å². The normalized spacial score (nSPS) is 22.8. The van der Waals surface area contributed by atoms with Crippen LogP contribution in [0.15, 0.2) is 139 Å². The second kappa shape index (κ2) is 21.4. The molecular weight excluding hydrogens is 893 g/mol. The highest BCUT2D eigenvalue weighted by Gasteiger charge is 2.66. The van der Waals surface area contributed by atoms with Crippen LogP contribution in [0.3, 0.4) is 0 Å². The van der Waals surface area contributed by atoms with Crippen LogP contribution in [0.25, 0.3) is 10.8 Å². The molecule has 15 nitrogen and oxygen atoms in total. The Morgan fingerprint density at radius 3 is 2.33 bits per heavy atom. The van der Waals surface area contributed by atoms with E-state index in [2.05, 4.69) is 36.9 Å². The lowest BCUT2D eigenvalue weighted by Gasteiger charge is -2.60. The molecule has 3 aliphatic carbocycles. The van der Waals surface area contributed by atoms with E-state index in [1.54, 1.807) is 36.4 Å². The van der Waals surface area contributed by atoms with E-state index in [0.717, 1.165) is 66.0 Å². The van der Waals surface area contributed by atoms with Crippen LogP contribution in [0.5, 0.6) is 17.2 Å². The van der Waals surface area contributed by atoms with E-state index >= 15 is 4.79 Å². The number of aliphatic hydroxyl groups excluding tert-OH is 2. The first-order chi connectivity index (χ1) is 34.1. The van der Waals surface area contributed by atoms with Crippen LogP contribution in [-0.4, -0.2) is 68.2 Å². The van der Waals surface area contributed by atoms with Crippen molar-refractivity contribution in [2.75, 3.05) is 19.8 Å². The summed E-state index contributed by atoms with van der Waals surface area (Å²) in [7, 11) is 0. The molecule has 6 unspecified atom stereocenters. The first-order valence-corrected chi connectivity index (χ1v) is 24.3. The van der Waals surface area contributed by atoms with Gasteiger partial charge in [0.15, 0.2) is 0 Å². The van der Waals surface area contributed by atoms with Gasteiger partial charge in [-0.3, -0.25) is 25.0 Å². The van der Waals surface area contributed by atoms with Gasteiger partial charge in [-0.15, -0.1) is 6.58 Å². The van der Waals surface area contributed by atoms with Crippen molar-refractivity contribution in [2.24, 2.45) is 28.8 Å². The summed E-state index contributed by atoms with van der Waals surface area (Å²) in [6, 6.07) is 31.2. The van der Waals surface area contributed by atoms with Crippen LogP contribution < -0.4 is 9.47 Å². The molecule has 2 N–H and O–H groups in total. The van der Waals surface area contributed by atoms with Crippen LogP contribution in [-0.2, 0) is 27.5 Å². The van der Waals surface area contributed by atoms with Crippen molar-refractivity contribution in [2.45, 2.75) is 88.7 Å². The summed E-state index contributed by atoms with van der Waals surface area (Å²) in [5.41, 5.74) is 3.79. The molecule has 1 aliphatic heterocycles. The van der Waals surface area contributed by atoms with E-state index in [4.69, 9.17) is 24.2 Å². The predicted molar refractivity (Wildman–Crippen MR) is 263 cm³/mol. The molecule has 0 spiro atoms. The van der Waals surface area contributed by atoms with Crippen LogP contribution >= 0.6 is 0 Å². The molecule has 5 aromatic carbocycles. The van der Waals surface area contributed by atoms with Crippen LogP contribution in [0.1, 0.15) is 80.4 Å². The maximum Gasteiger partial charge on any atom is 0.273 e. The lowest BCUT2D eigenvalue weighted by atomic mass is 9.55. The average molecular weight is 951 g/mol. The SMILES string of the molecule is C=CCOC12Oc3ccc(Oc4cccc([N+](=O)[O-])c4)cc3C3C(CCCCO)C(CCCCO)C=C(C(=NOCc4ccc([N+](=O)[O-])cc4)CC1N(Cc1cccc4ccccc14)C(=O)C1CC1)C32. The minimum atomic E-state index is -1.50. The van der Waals surface area contributed by atoms with Gasteiger partial charge in [-0.25, -0.2) is 0 Å². The Kier molecular flexibility index (Phi) is 14.7. The van der Waals surface area contributed by atoms with Crippen molar-refractivity contribution >= 4 is 33.8 Å². The molecule has 70 heavy (non-hydrogen) atoms.